The molecule has 1 fully saturated rings. The van der Waals surface area contributed by atoms with Gasteiger partial charge in [-0.3, -0.25) is 4.79 Å². The van der Waals surface area contributed by atoms with Gasteiger partial charge in [-0.15, -0.1) is 0 Å². The third-order valence-electron chi connectivity index (χ3n) is 5.07. The highest BCUT2D eigenvalue weighted by Crippen LogP contribution is 2.34. The third kappa shape index (κ3) is 4.17. The van der Waals surface area contributed by atoms with E-state index < -0.39 is 0 Å². The predicted molar refractivity (Wildman–Crippen MR) is 110 cm³/mol. The van der Waals surface area contributed by atoms with E-state index in [1.54, 1.807) is 11.9 Å². The molecule has 6 heteroatoms. The van der Waals surface area contributed by atoms with Crippen LogP contribution in [-0.4, -0.2) is 32.9 Å². The summed E-state index contributed by atoms with van der Waals surface area (Å²) in [6, 6.07) is 12.6. The summed E-state index contributed by atoms with van der Waals surface area (Å²) in [4.78, 5) is 12.3. The van der Waals surface area contributed by atoms with Crippen LogP contribution in [0.15, 0.2) is 53.7 Å². The van der Waals surface area contributed by atoms with E-state index in [0.29, 0.717) is 5.92 Å². The largest absolute Gasteiger partial charge is 0.326 e. The fraction of sp³-hybridized carbons (Fsp3) is 0.333. The lowest BCUT2D eigenvalue weighted by atomic mass is 9.90. The highest BCUT2D eigenvalue weighted by atomic mass is 32.2. The first-order valence-electron chi connectivity index (χ1n) is 9.33. The molecule has 4 rings (SSSR count). The first-order valence-corrected chi connectivity index (χ1v) is 10.1. The lowest BCUT2D eigenvalue weighted by molar-refractivity contribution is -0.114. The molecule has 3 aromatic rings. The van der Waals surface area contributed by atoms with E-state index in [2.05, 4.69) is 52.1 Å². The second kappa shape index (κ2) is 7.74. The number of anilines is 1. The number of nitrogens with zero attached hydrogens (tertiary/aromatic N) is 3. The molecule has 5 nitrogen and oxygen atoms in total. The molecule has 0 radical (unpaired) electrons. The summed E-state index contributed by atoms with van der Waals surface area (Å²) in [6.45, 7) is 5.79. The summed E-state index contributed by atoms with van der Waals surface area (Å²) in [5.41, 5.74) is 4.71. The Bertz CT molecular complexity index is 942. The molecule has 0 aliphatic carbocycles. The van der Waals surface area contributed by atoms with E-state index in [4.69, 9.17) is 0 Å². The Hall–Kier alpha value is -2.31. The highest BCUT2D eigenvalue weighted by molar-refractivity contribution is 7.97. The molecular weight excluding hydrogens is 356 g/mol. The summed E-state index contributed by atoms with van der Waals surface area (Å²) in [6.07, 6.45) is 6.34. The zero-order valence-corrected chi connectivity index (χ0v) is 16.5. The molecule has 1 saturated heterocycles. The Balaban J connectivity index is 1.35. The molecule has 0 bridgehead atoms. The number of fused-ring (bicyclic) bond motifs is 1. The minimum absolute atomic E-state index is 0.0400. The Morgan fingerprint density at radius 2 is 1.93 bits per heavy atom. The van der Waals surface area contributed by atoms with Gasteiger partial charge in [0, 0.05) is 36.8 Å². The van der Waals surface area contributed by atoms with Crippen molar-refractivity contribution < 1.29 is 4.79 Å². The Morgan fingerprint density at radius 1 is 1.19 bits per heavy atom. The van der Waals surface area contributed by atoms with Crippen molar-refractivity contribution in [2.24, 2.45) is 0 Å². The second-order valence-corrected chi connectivity index (χ2v) is 8.29. The van der Waals surface area contributed by atoms with Crippen molar-refractivity contribution in [3.63, 3.8) is 0 Å². The van der Waals surface area contributed by atoms with Crippen LogP contribution in [0.2, 0.25) is 0 Å². The van der Waals surface area contributed by atoms with Crippen molar-refractivity contribution in [1.82, 2.24) is 13.9 Å². The van der Waals surface area contributed by atoms with Crippen molar-refractivity contribution in [3.8, 4) is 0 Å². The number of benzene rings is 1. The number of piperidine rings is 1. The molecule has 0 spiro atoms. The van der Waals surface area contributed by atoms with Crippen molar-refractivity contribution in [2.45, 2.75) is 37.5 Å². The van der Waals surface area contributed by atoms with Crippen LogP contribution in [0.25, 0.3) is 5.52 Å². The van der Waals surface area contributed by atoms with Gasteiger partial charge in [0.15, 0.2) is 0 Å². The van der Waals surface area contributed by atoms with Gasteiger partial charge in [-0.25, -0.2) is 8.82 Å². The first-order chi connectivity index (χ1) is 13.1. The molecule has 3 heterocycles. The van der Waals surface area contributed by atoms with Gasteiger partial charge in [0.25, 0.3) is 0 Å². The number of rotatable bonds is 4. The molecule has 1 aliphatic rings. The molecule has 0 atom stereocenters. The Kier molecular flexibility index (Phi) is 5.18. The van der Waals surface area contributed by atoms with Crippen LogP contribution >= 0.6 is 11.9 Å². The molecule has 1 aliphatic heterocycles. The molecule has 0 saturated carbocycles. The molecule has 27 heavy (non-hydrogen) atoms. The second-order valence-electron chi connectivity index (χ2n) is 7.12. The average molecular weight is 381 g/mol. The van der Waals surface area contributed by atoms with Crippen LogP contribution < -0.4 is 5.32 Å². The monoisotopic (exact) mass is 380 g/mol. The normalized spacial score (nSPS) is 15.9. The van der Waals surface area contributed by atoms with Gasteiger partial charge < -0.3 is 5.32 Å². The molecule has 1 N–H and O–H groups in total. The minimum atomic E-state index is -0.0400. The Labute approximate surface area is 163 Å². The fourth-order valence-electron chi connectivity index (χ4n) is 3.61. The van der Waals surface area contributed by atoms with Crippen molar-refractivity contribution in [1.29, 1.82) is 0 Å². The van der Waals surface area contributed by atoms with Gasteiger partial charge in [0.05, 0.1) is 11.7 Å². The van der Waals surface area contributed by atoms with E-state index in [1.165, 1.54) is 41.3 Å². The fourth-order valence-corrected chi connectivity index (χ4v) is 4.55. The molecule has 140 valence electrons. The van der Waals surface area contributed by atoms with E-state index in [-0.39, 0.29) is 5.91 Å². The van der Waals surface area contributed by atoms with Crippen LogP contribution in [0.4, 0.5) is 5.69 Å². The van der Waals surface area contributed by atoms with Crippen LogP contribution in [0.1, 0.15) is 36.8 Å². The standard InChI is InChI=1S/C21H24N4OS/c1-15-14-22-25-12-9-18(13-21(15)25)17-7-10-24(11-8-17)27-20-5-3-19(4-6-20)23-16(2)26/h3-6,9,12-14,17H,7-8,10-11H2,1-2H3,(H,23,26). The summed E-state index contributed by atoms with van der Waals surface area (Å²) in [5, 5.41) is 7.17. The van der Waals surface area contributed by atoms with Gasteiger partial charge >= 0.3 is 0 Å². The average Bonchev–Trinajstić information content (AvgIpc) is 3.04. The predicted octanol–water partition coefficient (Wildman–Crippen LogP) is 4.49. The number of hydrogen-bond acceptors (Lipinski definition) is 4. The number of carbonyl (C=O) groups excluding carboxylic acids is 1. The number of aryl methyl sites for hydroxylation is 1. The lowest BCUT2D eigenvalue weighted by Gasteiger charge is -2.31. The topological polar surface area (TPSA) is 49.6 Å². The number of carbonyl (C=O) groups is 1. The van der Waals surface area contributed by atoms with Crippen molar-refractivity contribution in [2.75, 3.05) is 18.4 Å². The molecule has 1 amide bonds. The van der Waals surface area contributed by atoms with Crippen LogP contribution in [0.5, 0.6) is 0 Å². The Morgan fingerprint density at radius 3 is 2.63 bits per heavy atom. The lowest BCUT2D eigenvalue weighted by Crippen LogP contribution is -2.27. The molecule has 2 aromatic heterocycles. The van der Waals surface area contributed by atoms with Crippen molar-refractivity contribution in [3.05, 3.63) is 59.9 Å². The summed E-state index contributed by atoms with van der Waals surface area (Å²) in [7, 11) is 0. The quantitative estimate of drug-likeness (QED) is 0.678. The molecule has 0 unspecified atom stereocenters. The summed E-state index contributed by atoms with van der Waals surface area (Å²) >= 11 is 1.80. The first kappa shape index (κ1) is 18.1. The van der Waals surface area contributed by atoms with Gasteiger partial charge in [-0.1, -0.05) is 0 Å². The third-order valence-corrected chi connectivity index (χ3v) is 6.18. The zero-order valence-electron chi connectivity index (χ0n) is 15.7. The summed E-state index contributed by atoms with van der Waals surface area (Å²) in [5.74, 6) is 0.574. The maximum atomic E-state index is 11.1. The van der Waals surface area contributed by atoms with Gasteiger partial charge in [-0.2, -0.15) is 5.10 Å². The van der Waals surface area contributed by atoms with E-state index >= 15 is 0 Å². The minimum Gasteiger partial charge on any atom is -0.326 e. The molecule has 1 aromatic carbocycles. The van der Waals surface area contributed by atoms with Crippen LogP contribution in [0, 0.1) is 6.92 Å². The number of pyridine rings is 1. The van der Waals surface area contributed by atoms with E-state index in [9.17, 15) is 4.79 Å². The maximum Gasteiger partial charge on any atom is 0.221 e. The van der Waals surface area contributed by atoms with E-state index in [0.717, 1.165) is 18.8 Å². The number of nitrogens with one attached hydrogen (secondary N) is 1. The van der Waals surface area contributed by atoms with E-state index in [1.807, 2.05) is 22.8 Å². The number of amides is 1. The highest BCUT2D eigenvalue weighted by Gasteiger charge is 2.21. The van der Waals surface area contributed by atoms with Crippen LogP contribution in [0.3, 0.4) is 0 Å². The maximum absolute atomic E-state index is 11.1. The zero-order chi connectivity index (χ0) is 18.8. The number of aromatic nitrogens is 2. The molecular formula is C21H24N4OS. The smallest absolute Gasteiger partial charge is 0.221 e. The SMILES string of the molecule is CC(=O)Nc1ccc(SN2CCC(c3ccn4ncc(C)c4c3)CC2)cc1. The summed E-state index contributed by atoms with van der Waals surface area (Å²) < 4.78 is 4.39. The number of hydrogen-bond donors (Lipinski definition) is 1. The van der Waals surface area contributed by atoms with Crippen molar-refractivity contribution >= 4 is 29.1 Å². The van der Waals surface area contributed by atoms with Crippen LogP contribution in [-0.2, 0) is 4.79 Å². The van der Waals surface area contributed by atoms with Gasteiger partial charge in [-0.05, 0) is 85.2 Å². The van der Waals surface area contributed by atoms with Gasteiger partial charge in [0.2, 0.25) is 5.91 Å². The van der Waals surface area contributed by atoms with Gasteiger partial charge in [0.1, 0.15) is 0 Å².